The predicted octanol–water partition coefficient (Wildman–Crippen LogP) is 6.65. The molecule has 1 saturated heterocycles. The molecule has 0 bridgehead atoms. The number of imide groups is 2. The molecule has 0 aromatic heterocycles. The first-order valence-corrected chi connectivity index (χ1v) is 11.7. The van der Waals surface area contributed by atoms with Crippen LogP contribution >= 0.6 is 50.7 Å². The second kappa shape index (κ2) is 10.2. The van der Waals surface area contributed by atoms with Crippen LogP contribution in [0, 0.1) is 0 Å². The van der Waals surface area contributed by atoms with Crippen LogP contribution in [0.4, 0.5) is 10.5 Å². The lowest BCUT2D eigenvalue weighted by molar-refractivity contribution is -0.122. The fourth-order valence-corrected chi connectivity index (χ4v) is 4.11. The Morgan fingerprint density at radius 2 is 1.68 bits per heavy atom. The quantitative estimate of drug-likeness (QED) is 0.271. The average Bonchev–Trinajstić information content (AvgIpc) is 2.79. The molecule has 3 aromatic rings. The van der Waals surface area contributed by atoms with E-state index < -0.39 is 17.8 Å². The summed E-state index contributed by atoms with van der Waals surface area (Å²) in [5.74, 6) is -1.19. The van der Waals surface area contributed by atoms with Gasteiger partial charge in [-0.25, -0.2) is 9.69 Å². The molecule has 4 amide bonds. The number of amides is 4. The molecule has 0 unspecified atom stereocenters. The van der Waals surface area contributed by atoms with Crippen molar-refractivity contribution in [2.24, 2.45) is 0 Å². The Balaban J connectivity index is 1.58. The van der Waals surface area contributed by atoms with Crippen molar-refractivity contribution in [3.8, 4) is 5.75 Å². The van der Waals surface area contributed by atoms with E-state index in [-0.39, 0.29) is 21.3 Å². The first-order valence-electron chi connectivity index (χ1n) is 9.77. The number of carbonyl (C=O) groups is 3. The molecule has 172 valence electrons. The number of benzene rings is 3. The number of nitrogens with one attached hydrogen (secondary N) is 1. The molecule has 4 rings (SSSR count). The maximum atomic E-state index is 13.0. The number of hydrogen-bond donors (Lipinski definition) is 1. The first kappa shape index (κ1) is 24.3. The number of halogens is 4. The predicted molar refractivity (Wildman–Crippen MR) is 135 cm³/mol. The normalized spacial score (nSPS) is 15.0. The van der Waals surface area contributed by atoms with E-state index in [1.165, 1.54) is 24.3 Å². The fourth-order valence-electron chi connectivity index (χ4n) is 3.18. The molecular formula is C24H14BrCl3N2O4. The number of anilines is 1. The Labute approximate surface area is 218 Å². The highest BCUT2D eigenvalue weighted by atomic mass is 79.9. The molecule has 1 aliphatic rings. The van der Waals surface area contributed by atoms with E-state index in [4.69, 9.17) is 39.5 Å². The van der Waals surface area contributed by atoms with E-state index in [2.05, 4.69) is 21.2 Å². The van der Waals surface area contributed by atoms with Gasteiger partial charge >= 0.3 is 6.03 Å². The van der Waals surface area contributed by atoms with Gasteiger partial charge in [-0.05, 0) is 48.0 Å². The summed E-state index contributed by atoms with van der Waals surface area (Å²) in [6.07, 6.45) is 1.35. The van der Waals surface area contributed by atoms with E-state index in [0.717, 1.165) is 14.9 Å². The lowest BCUT2D eigenvalue weighted by atomic mass is 10.1. The summed E-state index contributed by atoms with van der Waals surface area (Å²) in [6, 6.07) is 15.9. The highest BCUT2D eigenvalue weighted by Crippen LogP contribution is 2.31. The highest BCUT2D eigenvalue weighted by Gasteiger charge is 2.37. The van der Waals surface area contributed by atoms with Crippen LogP contribution < -0.4 is 15.0 Å². The maximum Gasteiger partial charge on any atom is 0.335 e. The first-order chi connectivity index (χ1) is 16.2. The third-order valence-electron chi connectivity index (χ3n) is 4.87. The molecule has 0 aliphatic carbocycles. The van der Waals surface area contributed by atoms with Crippen LogP contribution in [-0.2, 0) is 16.2 Å². The van der Waals surface area contributed by atoms with Gasteiger partial charge in [0.1, 0.15) is 17.9 Å². The Morgan fingerprint density at radius 1 is 0.912 bits per heavy atom. The second-order valence-electron chi connectivity index (χ2n) is 7.13. The summed E-state index contributed by atoms with van der Waals surface area (Å²) in [6.45, 7) is 0.295. The minimum absolute atomic E-state index is 0.159. The van der Waals surface area contributed by atoms with Crippen molar-refractivity contribution >= 4 is 80.3 Å². The number of carbonyl (C=O) groups excluding carboxylic acids is 3. The van der Waals surface area contributed by atoms with Gasteiger partial charge in [-0.15, -0.1) is 0 Å². The Bertz CT molecular complexity index is 1360. The molecule has 1 aliphatic heterocycles. The standard InChI is InChI=1S/C24H14BrCl3N2O4/c25-17-4-2-1-3-14(17)12-34-21-8-5-13(10-20(21)28)9-16-22(31)29-24(33)30(23(16)32)15-6-7-18(26)19(27)11-15/h1-11H,12H2,(H,29,31,33)/b16-9+. The Kier molecular flexibility index (Phi) is 7.28. The van der Waals surface area contributed by atoms with Crippen LogP contribution in [0.1, 0.15) is 11.1 Å². The summed E-state index contributed by atoms with van der Waals surface area (Å²) in [7, 11) is 0. The molecule has 1 N–H and O–H groups in total. The average molecular weight is 581 g/mol. The van der Waals surface area contributed by atoms with Gasteiger partial charge in [0.2, 0.25) is 0 Å². The second-order valence-corrected chi connectivity index (χ2v) is 9.20. The number of rotatable bonds is 5. The van der Waals surface area contributed by atoms with E-state index >= 15 is 0 Å². The van der Waals surface area contributed by atoms with Crippen molar-refractivity contribution in [3.05, 3.63) is 96.9 Å². The zero-order chi connectivity index (χ0) is 24.4. The van der Waals surface area contributed by atoms with Crippen LogP contribution in [0.2, 0.25) is 15.1 Å². The van der Waals surface area contributed by atoms with Crippen molar-refractivity contribution in [1.82, 2.24) is 5.32 Å². The summed E-state index contributed by atoms with van der Waals surface area (Å²) in [4.78, 5) is 38.6. The van der Waals surface area contributed by atoms with Crippen LogP contribution in [-0.4, -0.2) is 17.8 Å². The lowest BCUT2D eigenvalue weighted by Crippen LogP contribution is -2.54. The number of barbiturate groups is 1. The van der Waals surface area contributed by atoms with Gasteiger partial charge in [0, 0.05) is 10.0 Å². The van der Waals surface area contributed by atoms with Gasteiger partial charge in [0.15, 0.2) is 0 Å². The Morgan fingerprint density at radius 3 is 2.38 bits per heavy atom. The van der Waals surface area contributed by atoms with Crippen molar-refractivity contribution < 1.29 is 19.1 Å². The largest absolute Gasteiger partial charge is 0.487 e. The number of urea groups is 1. The number of ether oxygens (including phenoxy) is 1. The maximum absolute atomic E-state index is 13.0. The van der Waals surface area contributed by atoms with Gasteiger partial charge in [-0.2, -0.15) is 0 Å². The van der Waals surface area contributed by atoms with Gasteiger partial charge in [-0.1, -0.05) is 75.0 Å². The molecule has 0 atom stereocenters. The highest BCUT2D eigenvalue weighted by molar-refractivity contribution is 9.10. The molecule has 34 heavy (non-hydrogen) atoms. The van der Waals surface area contributed by atoms with Gasteiger partial charge in [0.05, 0.1) is 20.8 Å². The minimum atomic E-state index is -0.889. The third-order valence-corrected chi connectivity index (χ3v) is 6.68. The molecule has 1 heterocycles. The van der Waals surface area contributed by atoms with Crippen molar-refractivity contribution in [3.63, 3.8) is 0 Å². The molecule has 1 fully saturated rings. The summed E-state index contributed by atoms with van der Waals surface area (Å²) in [5.41, 5.74) is 1.34. The number of nitrogens with zero attached hydrogens (tertiary/aromatic N) is 1. The van der Waals surface area contributed by atoms with E-state index in [0.29, 0.717) is 22.9 Å². The van der Waals surface area contributed by atoms with Crippen molar-refractivity contribution in [2.45, 2.75) is 6.61 Å². The molecular weight excluding hydrogens is 567 g/mol. The zero-order valence-electron chi connectivity index (χ0n) is 17.2. The molecule has 10 heteroatoms. The molecule has 3 aromatic carbocycles. The molecule has 0 saturated carbocycles. The fraction of sp³-hybridized carbons (Fsp3) is 0.0417. The monoisotopic (exact) mass is 578 g/mol. The zero-order valence-corrected chi connectivity index (χ0v) is 21.0. The third kappa shape index (κ3) is 5.13. The van der Waals surface area contributed by atoms with Crippen molar-refractivity contribution in [2.75, 3.05) is 4.90 Å². The van der Waals surface area contributed by atoms with Gasteiger partial charge < -0.3 is 4.74 Å². The Hall–Kier alpha value is -2.84. The van der Waals surface area contributed by atoms with Crippen LogP contribution in [0.25, 0.3) is 6.08 Å². The van der Waals surface area contributed by atoms with Crippen LogP contribution in [0.15, 0.2) is 70.7 Å². The SMILES string of the molecule is O=C1NC(=O)N(c2ccc(Cl)c(Cl)c2)C(=O)/C1=C/c1ccc(OCc2ccccc2Br)c(Cl)c1. The summed E-state index contributed by atoms with van der Waals surface area (Å²) in [5, 5.41) is 2.87. The van der Waals surface area contributed by atoms with Crippen molar-refractivity contribution in [1.29, 1.82) is 0 Å². The number of hydrogen-bond acceptors (Lipinski definition) is 4. The molecule has 6 nitrogen and oxygen atoms in total. The van der Waals surface area contributed by atoms with Crippen LogP contribution in [0.5, 0.6) is 5.75 Å². The van der Waals surface area contributed by atoms with E-state index in [9.17, 15) is 14.4 Å². The van der Waals surface area contributed by atoms with E-state index in [1.807, 2.05) is 24.3 Å². The van der Waals surface area contributed by atoms with Gasteiger partial charge in [0.25, 0.3) is 11.8 Å². The van der Waals surface area contributed by atoms with E-state index in [1.54, 1.807) is 18.2 Å². The smallest absolute Gasteiger partial charge is 0.335 e. The lowest BCUT2D eigenvalue weighted by Gasteiger charge is -2.26. The van der Waals surface area contributed by atoms with Gasteiger partial charge in [-0.3, -0.25) is 14.9 Å². The topological polar surface area (TPSA) is 75.7 Å². The molecule has 0 radical (unpaired) electrons. The minimum Gasteiger partial charge on any atom is -0.487 e. The van der Waals surface area contributed by atoms with Crippen LogP contribution in [0.3, 0.4) is 0 Å². The molecule has 0 spiro atoms. The summed E-state index contributed by atoms with van der Waals surface area (Å²) < 4.78 is 6.71. The summed E-state index contributed by atoms with van der Waals surface area (Å²) >= 11 is 21.8.